The Bertz CT molecular complexity index is 685. The minimum atomic E-state index is -0.162. The van der Waals surface area contributed by atoms with Gasteiger partial charge in [0, 0.05) is 22.8 Å². The molecule has 3 rings (SSSR count). The number of nitrogens with zero attached hydrogens (tertiary/aromatic N) is 2. The Labute approximate surface area is 127 Å². The quantitative estimate of drug-likeness (QED) is 0.911. The number of anilines is 2. The van der Waals surface area contributed by atoms with Crippen LogP contribution in [-0.4, -0.2) is 21.9 Å². The summed E-state index contributed by atoms with van der Waals surface area (Å²) in [6.07, 6.45) is 3.47. The maximum absolute atomic E-state index is 11.9. The van der Waals surface area contributed by atoms with Crippen molar-refractivity contribution in [1.82, 2.24) is 15.3 Å². The van der Waals surface area contributed by atoms with Crippen molar-refractivity contribution in [1.29, 1.82) is 0 Å². The maximum atomic E-state index is 11.9. The third kappa shape index (κ3) is 3.49. The molecule has 1 aliphatic rings. The Kier molecular flexibility index (Phi) is 3.75. The lowest BCUT2D eigenvalue weighted by Gasteiger charge is -2.08. The van der Waals surface area contributed by atoms with Gasteiger partial charge in [0.05, 0.1) is 0 Å². The van der Waals surface area contributed by atoms with Gasteiger partial charge in [0.1, 0.15) is 17.8 Å². The van der Waals surface area contributed by atoms with Crippen molar-refractivity contribution in [2.75, 3.05) is 5.32 Å². The molecule has 2 aromatic rings. The molecule has 6 heteroatoms. The first-order valence-electron chi connectivity index (χ1n) is 6.78. The van der Waals surface area contributed by atoms with Gasteiger partial charge in [-0.15, -0.1) is 0 Å². The molecule has 1 amide bonds. The number of aryl methyl sites for hydroxylation is 1. The largest absolute Gasteiger partial charge is 0.348 e. The van der Waals surface area contributed by atoms with Gasteiger partial charge in [0.15, 0.2) is 0 Å². The van der Waals surface area contributed by atoms with Crippen molar-refractivity contribution in [3.05, 3.63) is 46.9 Å². The summed E-state index contributed by atoms with van der Waals surface area (Å²) >= 11 is 6.09. The first-order chi connectivity index (χ1) is 10.1. The van der Waals surface area contributed by atoms with E-state index in [9.17, 15) is 4.79 Å². The number of carbonyl (C=O) groups is 1. The van der Waals surface area contributed by atoms with E-state index >= 15 is 0 Å². The predicted molar refractivity (Wildman–Crippen MR) is 82.0 cm³/mol. The van der Waals surface area contributed by atoms with E-state index in [1.807, 2.05) is 25.1 Å². The molecule has 0 radical (unpaired) electrons. The highest BCUT2D eigenvalue weighted by molar-refractivity contribution is 6.31. The number of nitrogens with one attached hydrogen (secondary N) is 2. The van der Waals surface area contributed by atoms with Crippen LogP contribution in [0.15, 0.2) is 30.6 Å². The fourth-order valence-electron chi connectivity index (χ4n) is 1.86. The zero-order valence-electron chi connectivity index (χ0n) is 11.6. The average molecular weight is 303 g/mol. The summed E-state index contributed by atoms with van der Waals surface area (Å²) in [5, 5.41) is 6.70. The smallest absolute Gasteiger partial charge is 0.270 e. The molecule has 21 heavy (non-hydrogen) atoms. The van der Waals surface area contributed by atoms with Gasteiger partial charge >= 0.3 is 0 Å². The standard InChI is InChI=1S/C15H15ClN4O/c1-9-2-3-11(6-12(9)16)19-14-7-13(17-8-18-14)15(21)20-10-4-5-10/h2-3,6-8,10H,4-5H2,1H3,(H,20,21)(H,17,18,19). The number of carbonyl (C=O) groups excluding carboxylic acids is 1. The van der Waals surface area contributed by atoms with Gasteiger partial charge in [-0.2, -0.15) is 0 Å². The highest BCUT2D eigenvalue weighted by Gasteiger charge is 2.24. The van der Waals surface area contributed by atoms with Gasteiger partial charge in [-0.3, -0.25) is 4.79 Å². The topological polar surface area (TPSA) is 66.9 Å². The molecule has 108 valence electrons. The van der Waals surface area contributed by atoms with Crippen molar-refractivity contribution in [2.45, 2.75) is 25.8 Å². The molecule has 0 saturated heterocycles. The number of amides is 1. The van der Waals surface area contributed by atoms with Crippen LogP contribution < -0.4 is 10.6 Å². The molecule has 0 atom stereocenters. The highest BCUT2D eigenvalue weighted by atomic mass is 35.5. The summed E-state index contributed by atoms with van der Waals surface area (Å²) in [5.41, 5.74) is 2.19. The summed E-state index contributed by atoms with van der Waals surface area (Å²) in [4.78, 5) is 20.1. The van der Waals surface area contributed by atoms with Gasteiger partial charge in [-0.05, 0) is 37.5 Å². The van der Waals surface area contributed by atoms with Crippen LogP contribution in [-0.2, 0) is 0 Å². The lowest BCUT2D eigenvalue weighted by Crippen LogP contribution is -2.26. The SMILES string of the molecule is Cc1ccc(Nc2cc(C(=O)NC3CC3)ncn2)cc1Cl. The molecule has 0 spiro atoms. The van der Waals surface area contributed by atoms with Crippen LogP contribution in [0, 0.1) is 6.92 Å². The third-order valence-corrected chi connectivity index (χ3v) is 3.66. The van der Waals surface area contributed by atoms with Crippen molar-refractivity contribution in [3.63, 3.8) is 0 Å². The number of hydrogen-bond acceptors (Lipinski definition) is 4. The molecule has 1 aromatic carbocycles. The fraction of sp³-hybridized carbons (Fsp3) is 0.267. The molecule has 1 saturated carbocycles. The lowest BCUT2D eigenvalue weighted by atomic mass is 10.2. The molecule has 5 nitrogen and oxygen atoms in total. The summed E-state index contributed by atoms with van der Waals surface area (Å²) in [6.45, 7) is 1.94. The Balaban J connectivity index is 1.75. The molecular formula is C15H15ClN4O. The second kappa shape index (κ2) is 5.69. The molecule has 0 unspecified atom stereocenters. The minimum absolute atomic E-state index is 0.162. The summed E-state index contributed by atoms with van der Waals surface area (Å²) in [6, 6.07) is 7.59. The molecule has 1 heterocycles. The van der Waals surface area contributed by atoms with Crippen LogP contribution in [0.2, 0.25) is 5.02 Å². The van der Waals surface area contributed by atoms with E-state index in [1.165, 1.54) is 6.33 Å². The normalized spacial score (nSPS) is 13.8. The molecule has 0 bridgehead atoms. The van der Waals surface area contributed by atoms with Crippen molar-refractivity contribution in [3.8, 4) is 0 Å². The predicted octanol–water partition coefficient (Wildman–Crippen LogP) is 3.07. The molecule has 0 aliphatic heterocycles. The Morgan fingerprint density at radius 1 is 1.29 bits per heavy atom. The fourth-order valence-corrected chi connectivity index (χ4v) is 2.04. The van der Waals surface area contributed by atoms with Crippen LogP contribution >= 0.6 is 11.6 Å². The van der Waals surface area contributed by atoms with Crippen molar-refractivity contribution >= 4 is 29.0 Å². The molecule has 1 aromatic heterocycles. The zero-order valence-corrected chi connectivity index (χ0v) is 12.3. The number of halogens is 1. The van der Waals surface area contributed by atoms with E-state index in [1.54, 1.807) is 6.07 Å². The lowest BCUT2D eigenvalue weighted by molar-refractivity contribution is 0.0946. The van der Waals surface area contributed by atoms with E-state index in [-0.39, 0.29) is 5.91 Å². The zero-order chi connectivity index (χ0) is 14.8. The first-order valence-corrected chi connectivity index (χ1v) is 7.16. The number of rotatable bonds is 4. The van der Waals surface area contributed by atoms with Crippen LogP contribution in [0.3, 0.4) is 0 Å². The van der Waals surface area contributed by atoms with Crippen LogP contribution in [0.1, 0.15) is 28.9 Å². The second-order valence-electron chi connectivity index (χ2n) is 5.13. The van der Waals surface area contributed by atoms with Gasteiger partial charge in [-0.25, -0.2) is 9.97 Å². The number of hydrogen-bond donors (Lipinski definition) is 2. The van der Waals surface area contributed by atoms with Gasteiger partial charge in [0.2, 0.25) is 0 Å². The molecule has 1 fully saturated rings. The summed E-state index contributed by atoms with van der Waals surface area (Å²) in [5.74, 6) is 0.399. The van der Waals surface area contributed by atoms with Crippen LogP contribution in [0.5, 0.6) is 0 Å². The number of aromatic nitrogens is 2. The maximum Gasteiger partial charge on any atom is 0.270 e. The van der Waals surface area contributed by atoms with Gasteiger partial charge in [-0.1, -0.05) is 17.7 Å². The second-order valence-corrected chi connectivity index (χ2v) is 5.53. The van der Waals surface area contributed by atoms with E-state index in [4.69, 9.17) is 11.6 Å². The first kappa shape index (κ1) is 13.8. The van der Waals surface area contributed by atoms with Crippen LogP contribution in [0.25, 0.3) is 0 Å². The van der Waals surface area contributed by atoms with Gasteiger partial charge < -0.3 is 10.6 Å². The number of benzene rings is 1. The van der Waals surface area contributed by atoms with E-state index in [2.05, 4.69) is 20.6 Å². The van der Waals surface area contributed by atoms with E-state index < -0.39 is 0 Å². The van der Waals surface area contributed by atoms with Gasteiger partial charge in [0.25, 0.3) is 5.91 Å². The molecule has 2 N–H and O–H groups in total. The molecule has 1 aliphatic carbocycles. The minimum Gasteiger partial charge on any atom is -0.348 e. The molecular weight excluding hydrogens is 288 g/mol. The average Bonchev–Trinajstić information content (AvgIpc) is 3.27. The highest BCUT2D eigenvalue weighted by Crippen LogP contribution is 2.23. The summed E-state index contributed by atoms with van der Waals surface area (Å²) in [7, 11) is 0. The summed E-state index contributed by atoms with van der Waals surface area (Å²) < 4.78 is 0. The van der Waals surface area contributed by atoms with Crippen molar-refractivity contribution < 1.29 is 4.79 Å². The van der Waals surface area contributed by atoms with E-state index in [0.717, 1.165) is 24.1 Å². The Morgan fingerprint density at radius 3 is 2.81 bits per heavy atom. The van der Waals surface area contributed by atoms with Crippen LogP contribution in [0.4, 0.5) is 11.5 Å². The monoisotopic (exact) mass is 302 g/mol. The Hall–Kier alpha value is -2.14. The Morgan fingerprint density at radius 2 is 2.10 bits per heavy atom. The van der Waals surface area contributed by atoms with Crippen molar-refractivity contribution in [2.24, 2.45) is 0 Å². The van der Waals surface area contributed by atoms with E-state index in [0.29, 0.717) is 22.6 Å². The third-order valence-electron chi connectivity index (χ3n) is 3.26.